The quantitative estimate of drug-likeness (QED) is 0.102. The van der Waals surface area contributed by atoms with Crippen LogP contribution >= 0.6 is 23.6 Å². The fraction of sp³-hybridized carbons (Fsp3) is 0.171. The van der Waals surface area contributed by atoms with E-state index in [2.05, 4.69) is 29.2 Å². The summed E-state index contributed by atoms with van der Waals surface area (Å²) in [6, 6.07) is 28.1. The van der Waals surface area contributed by atoms with Crippen LogP contribution in [0.3, 0.4) is 0 Å². The van der Waals surface area contributed by atoms with Crippen LogP contribution in [-0.4, -0.2) is 54.0 Å². The van der Waals surface area contributed by atoms with E-state index in [1.165, 1.54) is 21.1 Å². The molecule has 4 aromatic rings. The topological polar surface area (TPSA) is 62.3 Å². The lowest BCUT2D eigenvalue weighted by Gasteiger charge is -2.35. The van der Waals surface area contributed by atoms with Gasteiger partial charge in [0.05, 0.1) is 14.2 Å². The number of nitrogens with zero attached hydrogens (tertiary/aromatic N) is 3. The predicted octanol–water partition coefficient (Wildman–Crippen LogP) is 7.78. The molecule has 1 aliphatic heterocycles. The minimum absolute atomic E-state index is 0.133. The molecule has 0 bridgehead atoms. The number of hydrogen-bond acceptors (Lipinski definition) is 7. The smallest absolute Gasteiger partial charge is 0.265 e. The molecule has 0 saturated carbocycles. The first-order chi connectivity index (χ1) is 21.4. The van der Waals surface area contributed by atoms with Gasteiger partial charge in [-0.1, -0.05) is 18.2 Å². The highest BCUT2D eigenvalue weighted by atomic mass is 32.1. The van der Waals surface area contributed by atoms with E-state index in [-0.39, 0.29) is 22.5 Å². The van der Waals surface area contributed by atoms with Gasteiger partial charge >= 0.3 is 0 Å². The maximum Gasteiger partial charge on any atom is 0.265 e. The summed E-state index contributed by atoms with van der Waals surface area (Å²) >= 11 is 6.87. The highest BCUT2D eigenvalue weighted by Gasteiger charge is 2.37. The molecule has 224 valence electrons. The zero-order valence-electron chi connectivity index (χ0n) is 25.0. The molecule has 9 heteroatoms. The van der Waals surface area contributed by atoms with Crippen LogP contribution < -0.4 is 14.4 Å². The summed E-state index contributed by atoms with van der Waals surface area (Å²) in [5, 5.41) is 0.263. The molecular formula is C35H33N3O4S2. The van der Waals surface area contributed by atoms with Gasteiger partial charge in [0.2, 0.25) is 0 Å². The summed E-state index contributed by atoms with van der Waals surface area (Å²) in [4.78, 5) is 32.9. The lowest BCUT2D eigenvalue weighted by Crippen LogP contribution is -2.55. The maximum atomic E-state index is 13.0. The Morgan fingerprint density at radius 2 is 1.14 bits per heavy atom. The number of methoxy groups -OCH3 is 2. The van der Waals surface area contributed by atoms with Gasteiger partial charge < -0.3 is 14.4 Å². The van der Waals surface area contributed by atoms with E-state index in [1.807, 2.05) is 86.7 Å². The molecule has 1 aromatic heterocycles. The van der Waals surface area contributed by atoms with Crippen molar-refractivity contribution in [1.82, 2.24) is 9.80 Å². The van der Waals surface area contributed by atoms with Crippen LogP contribution in [0, 0.1) is 0 Å². The van der Waals surface area contributed by atoms with Crippen molar-refractivity contribution in [2.24, 2.45) is 0 Å². The van der Waals surface area contributed by atoms with Gasteiger partial charge in [-0.05, 0) is 117 Å². The van der Waals surface area contributed by atoms with Crippen LogP contribution in [0.5, 0.6) is 11.5 Å². The Kier molecular flexibility index (Phi) is 9.57. The fourth-order valence-electron chi connectivity index (χ4n) is 4.88. The molecule has 2 amide bonds. The van der Waals surface area contributed by atoms with E-state index in [0.717, 1.165) is 43.9 Å². The SMILES string of the molecule is CCN1C(=O)C(=Cc2ccc(/C=C/c3ccc(N(c4ccc(OC)cc4)c4ccc(OC)cc4)cc3)s2)C(=O)N(CC)C1=S. The Labute approximate surface area is 267 Å². The molecule has 1 saturated heterocycles. The molecule has 0 unspecified atom stereocenters. The normalized spacial score (nSPS) is 13.5. The highest BCUT2D eigenvalue weighted by Crippen LogP contribution is 2.36. The molecule has 0 aliphatic carbocycles. The number of hydrogen-bond donors (Lipinski definition) is 0. The first-order valence-electron chi connectivity index (χ1n) is 14.2. The Morgan fingerprint density at radius 3 is 1.59 bits per heavy atom. The van der Waals surface area contributed by atoms with Gasteiger partial charge in [-0.25, -0.2) is 0 Å². The predicted molar refractivity (Wildman–Crippen MR) is 183 cm³/mol. The Bertz CT molecular complexity index is 1630. The van der Waals surface area contributed by atoms with Gasteiger partial charge in [-0.15, -0.1) is 11.3 Å². The van der Waals surface area contributed by atoms with E-state index < -0.39 is 0 Å². The van der Waals surface area contributed by atoms with Crippen molar-refractivity contribution in [3.8, 4) is 11.5 Å². The van der Waals surface area contributed by atoms with Crippen molar-refractivity contribution in [3.63, 3.8) is 0 Å². The number of carbonyl (C=O) groups is 2. The molecule has 44 heavy (non-hydrogen) atoms. The molecule has 3 aromatic carbocycles. The molecule has 0 spiro atoms. The number of thiocarbonyl (C=S) groups is 1. The van der Waals surface area contributed by atoms with E-state index in [4.69, 9.17) is 21.7 Å². The summed E-state index contributed by atoms with van der Waals surface area (Å²) in [6.07, 6.45) is 5.74. The molecule has 7 nitrogen and oxygen atoms in total. The number of anilines is 3. The minimum Gasteiger partial charge on any atom is -0.497 e. The lowest BCUT2D eigenvalue weighted by molar-refractivity contribution is -0.133. The number of benzene rings is 3. The number of amides is 2. The second-order valence-corrected chi connectivity index (χ2v) is 11.3. The van der Waals surface area contributed by atoms with Crippen molar-refractivity contribution in [2.75, 3.05) is 32.2 Å². The molecule has 1 aliphatic rings. The number of thiophene rings is 1. The zero-order valence-corrected chi connectivity index (χ0v) is 26.7. The van der Waals surface area contributed by atoms with Gasteiger partial charge in [0.1, 0.15) is 17.1 Å². The third-order valence-corrected chi connectivity index (χ3v) is 8.67. The van der Waals surface area contributed by atoms with Crippen molar-refractivity contribution in [1.29, 1.82) is 0 Å². The van der Waals surface area contributed by atoms with Crippen molar-refractivity contribution < 1.29 is 19.1 Å². The third-order valence-electron chi connectivity index (χ3n) is 7.23. The number of likely N-dealkylation sites (N-methyl/N-ethyl adjacent to an activating group) is 2. The minimum atomic E-state index is -0.351. The van der Waals surface area contributed by atoms with Crippen molar-refractivity contribution >= 4 is 75.8 Å². The van der Waals surface area contributed by atoms with Crippen LogP contribution in [0.1, 0.15) is 29.2 Å². The standard InChI is InChI=1S/C35H33N3O4S2/c1-5-36-33(39)32(34(40)37(6-2)35(36)43)23-31-22-21-30(44-31)20-9-24-7-10-25(11-8-24)38(26-12-16-28(41-3)17-13-26)27-14-18-29(42-4)19-15-27/h7-23H,5-6H2,1-4H3/b20-9+. The second kappa shape index (κ2) is 13.7. The highest BCUT2D eigenvalue weighted by molar-refractivity contribution is 7.80. The molecule has 0 N–H and O–H groups in total. The van der Waals surface area contributed by atoms with Gasteiger partial charge in [-0.2, -0.15) is 0 Å². The van der Waals surface area contributed by atoms with Gasteiger partial charge in [-0.3, -0.25) is 19.4 Å². The molecule has 1 fully saturated rings. The molecule has 2 heterocycles. The Balaban J connectivity index is 1.36. The number of ether oxygens (including phenoxy) is 2. The first kappa shape index (κ1) is 30.7. The van der Waals surface area contributed by atoms with Crippen LogP contribution in [0.25, 0.3) is 18.2 Å². The lowest BCUT2D eigenvalue weighted by atomic mass is 10.1. The molecule has 5 rings (SSSR count). The largest absolute Gasteiger partial charge is 0.497 e. The average molecular weight is 624 g/mol. The summed E-state index contributed by atoms with van der Waals surface area (Å²) in [5.41, 5.74) is 4.18. The summed E-state index contributed by atoms with van der Waals surface area (Å²) < 4.78 is 10.7. The van der Waals surface area contributed by atoms with Gasteiger partial charge in [0, 0.05) is 39.9 Å². The third kappa shape index (κ3) is 6.44. The van der Waals surface area contributed by atoms with Crippen LogP contribution in [0.15, 0.2) is 90.5 Å². The Hall–Kier alpha value is -4.73. The van der Waals surface area contributed by atoms with E-state index >= 15 is 0 Å². The summed E-state index contributed by atoms with van der Waals surface area (Å²) in [7, 11) is 3.32. The van der Waals surface area contributed by atoms with Crippen LogP contribution in [0.2, 0.25) is 0 Å². The number of rotatable bonds is 10. The monoisotopic (exact) mass is 623 g/mol. The Morgan fingerprint density at radius 1 is 0.682 bits per heavy atom. The van der Waals surface area contributed by atoms with Crippen molar-refractivity contribution in [3.05, 3.63) is 106 Å². The van der Waals surface area contributed by atoms with E-state index in [9.17, 15) is 9.59 Å². The zero-order chi connectivity index (χ0) is 31.2. The van der Waals surface area contributed by atoms with Crippen LogP contribution in [0.4, 0.5) is 17.1 Å². The van der Waals surface area contributed by atoms with Gasteiger partial charge in [0.15, 0.2) is 5.11 Å². The first-order valence-corrected chi connectivity index (χ1v) is 15.4. The maximum absolute atomic E-state index is 13.0. The molecule has 0 radical (unpaired) electrons. The second-order valence-electron chi connectivity index (χ2n) is 9.84. The van der Waals surface area contributed by atoms with Crippen LogP contribution in [-0.2, 0) is 9.59 Å². The summed E-state index contributed by atoms with van der Waals surface area (Å²) in [6.45, 7) is 4.52. The fourth-order valence-corrected chi connectivity index (χ4v) is 6.16. The average Bonchev–Trinajstić information content (AvgIpc) is 3.51. The van der Waals surface area contributed by atoms with Crippen molar-refractivity contribution in [2.45, 2.75) is 13.8 Å². The number of carbonyl (C=O) groups excluding carboxylic acids is 2. The van der Waals surface area contributed by atoms with E-state index in [1.54, 1.807) is 20.3 Å². The summed E-state index contributed by atoms with van der Waals surface area (Å²) in [5.74, 6) is 0.889. The van der Waals surface area contributed by atoms with E-state index in [0.29, 0.717) is 13.1 Å². The molecular weight excluding hydrogens is 591 g/mol. The van der Waals surface area contributed by atoms with Gasteiger partial charge in [0.25, 0.3) is 11.8 Å². The molecule has 0 atom stereocenters.